The van der Waals surface area contributed by atoms with Crippen molar-refractivity contribution in [2.75, 3.05) is 19.4 Å². The number of carbonyl (C=O) groups is 2. The Morgan fingerprint density at radius 3 is 2.40 bits per heavy atom. The number of rotatable bonds is 4. The molecule has 0 heterocycles. The van der Waals surface area contributed by atoms with Gasteiger partial charge in [0.15, 0.2) is 0 Å². The molecule has 2 amide bonds. The van der Waals surface area contributed by atoms with E-state index in [1.165, 1.54) is 4.90 Å². The molecular weight excluding hydrogens is 359 g/mol. The van der Waals surface area contributed by atoms with Crippen LogP contribution in [0, 0.1) is 0 Å². The number of hydrogen-bond donors (Lipinski definition) is 1. The van der Waals surface area contributed by atoms with Gasteiger partial charge in [0.2, 0.25) is 5.91 Å². The zero-order valence-electron chi connectivity index (χ0n) is 14.0. The summed E-state index contributed by atoms with van der Waals surface area (Å²) in [6.45, 7) is 0. The van der Waals surface area contributed by atoms with Crippen molar-refractivity contribution in [3.05, 3.63) is 63.6 Å². The number of benzene rings is 2. The number of nitrogens with one attached hydrogen (secondary N) is 1. The molecule has 1 fully saturated rings. The Bertz CT molecular complexity index is 845. The molecule has 4 nitrogen and oxygen atoms in total. The van der Waals surface area contributed by atoms with Gasteiger partial charge in [0, 0.05) is 24.8 Å². The predicted molar refractivity (Wildman–Crippen MR) is 100 cm³/mol. The molecular formula is C19H18Cl2N2O2. The van der Waals surface area contributed by atoms with Crippen LogP contribution in [-0.2, 0) is 10.2 Å². The van der Waals surface area contributed by atoms with Crippen molar-refractivity contribution in [2.45, 2.75) is 18.3 Å². The van der Waals surface area contributed by atoms with Gasteiger partial charge in [-0.2, -0.15) is 0 Å². The zero-order chi connectivity index (χ0) is 18.2. The summed E-state index contributed by atoms with van der Waals surface area (Å²) in [5.41, 5.74) is 1.28. The van der Waals surface area contributed by atoms with E-state index in [1.54, 1.807) is 38.4 Å². The maximum absolute atomic E-state index is 12.8. The Morgan fingerprint density at radius 2 is 1.80 bits per heavy atom. The molecule has 0 bridgehead atoms. The van der Waals surface area contributed by atoms with E-state index < -0.39 is 5.41 Å². The van der Waals surface area contributed by atoms with Crippen molar-refractivity contribution < 1.29 is 9.59 Å². The van der Waals surface area contributed by atoms with Crippen molar-refractivity contribution in [1.29, 1.82) is 0 Å². The largest absolute Gasteiger partial charge is 0.345 e. The second kappa shape index (κ2) is 6.70. The fraction of sp³-hybridized carbons (Fsp3) is 0.263. The lowest BCUT2D eigenvalue weighted by molar-refractivity contribution is -0.118. The maximum atomic E-state index is 12.8. The highest BCUT2D eigenvalue weighted by molar-refractivity contribution is 6.34. The highest BCUT2D eigenvalue weighted by atomic mass is 35.5. The molecule has 0 atom stereocenters. The second-order valence-corrected chi connectivity index (χ2v) is 7.28. The van der Waals surface area contributed by atoms with Crippen LogP contribution in [0.5, 0.6) is 0 Å². The third-order valence-corrected chi connectivity index (χ3v) is 4.99. The van der Waals surface area contributed by atoms with Crippen molar-refractivity contribution in [3.63, 3.8) is 0 Å². The summed E-state index contributed by atoms with van der Waals surface area (Å²) < 4.78 is 0. The summed E-state index contributed by atoms with van der Waals surface area (Å²) in [6, 6.07) is 12.3. The molecule has 25 heavy (non-hydrogen) atoms. The van der Waals surface area contributed by atoms with Gasteiger partial charge in [-0.05, 0) is 48.7 Å². The normalized spacial score (nSPS) is 14.7. The minimum Gasteiger partial charge on any atom is -0.345 e. The standard InChI is InChI=1S/C19H18Cl2N2O2/c1-23(2)17(24)15-11-14(6-7-16(15)21)22-18(25)19(8-9-19)12-4-3-5-13(20)10-12/h3-7,10-11H,8-9H2,1-2H3,(H,22,25). The van der Waals surface area contributed by atoms with Crippen molar-refractivity contribution in [3.8, 4) is 0 Å². The van der Waals surface area contributed by atoms with Crippen LogP contribution in [0.3, 0.4) is 0 Å². The van der Waals surface area contributed by atoms with Crippen LogP contribution in [0.4, 0.5) is 5.69 Å². The average molecular weight is 377 g/mol. The molecule has 0 unspecified atom stereocenters. The van der Waals surface area contributed by atoms with Crippen molar-refractivity contribution >= 4 is 40.7 Å². The van der Waals surface area contributed by atoms with Crippen LogP contribution in [0.2, 0.25) is 10.0 Å². The van der Waals surface area contributed by atoms with Crippen molar-refractivity contribution in [1.82, 2.24) is 4.90 Å². The maximum Gasteiger partial charge on any atom is 0.254 e. The lowest BCUT2D eigenvalue weighted by atomic mass is 9.95. The number of nitrogens with zero attached hydrogens (tertiary/aromatic N) is 1. The van der Waals surface area contributed by atoms with Crippen LogP contribution in [-0.4, -0.2) is 30.8 Å². The van der Waals surface area contributed by atoms with Crippen LogP contribution < -0.4 is 5.32 Å². The van der Waals surface area contributed by atoms with Gasteiger partial charge in [-0.3, -0.25) is 9.59 Å². The molecule has 0 aliphatic heterocycles. The molecule has 0 spiro atoms. The average Bonchev–Trinajstić information content (AvgIpc) is 3.38. The van der Waals surface area contributed by atoms with Crippen molar-refractivity contribution in [2.24, 2.45) is 0 Å². The fourth-order valence-corrected chi connectivity index (χ4v) is 3.21. The summed E-state index contributed by atoms with van der Waals surface area (Å²) >= 11 is 12.2. The molecule has 1 aliphatic carbocycles. The van der Waals surface area contributed by atoms with E-state index in [9.17, 15) is 9.59 Å². The molecule has 1 N–H and O–H groups in total. The number of hydrogen-bond acceptors (Lipinski definition) is 2. The number of halogens is 2. The van der Waals surface area contributed by atoms with Crippen LogP contribution in [0.1, 0.15) is 28.8 Å². The topological polar surface area (TPSA) is 49.4 Å². The first kappa shape index (κ1) is 17.8. The molecule has 130 valence electrons. The molecule has 1 saturated carbocycles. The fourth-order valence-electron chi connectivity index (χ4n) is 2.82. The van der Waals surface area contributed by atoms with Crippen LogP contribution in [0.15, 0.2) is 42.5 Å². The minimum absolute atomic E-state index is 0.0969. The molecule has 0 saturated heterocycles. The summed E-state index contributed by atoms with van der Waals surface area (Å²) in [4.78, 5) is 26.5. The lowest BCUT2D eigenvalue weighted by Crippen LogP contribution is -2.28. The Labute approximate surface area is 156 Å². The third-order valence-electron chi connectivity index (χ3n) is 4.42. The van der Waals surface area contributed by atoms with Gasteiger partial charge in [-0.1, -0.05) is 35.3 Å². The first-order valence-electron chi connectivity index (χ1n) is 7.92. The monoisotopic (exact) mass is 376 g/mol. The Morgan fingerprint density at radius 1 is 1.08 bits per heavy atom. The Kier molecular flexibility index (Phi) is 4.76. The summed E-state index contributed by atoms with van der Waals surface area (Å²) in [5, 5.41) is 3.88. The van der Waals surface area contributed by atoms with E-state index in [-0.39, 0.29) is 11.8 Å². The van der Waals surface area contributed by atoms with E-state index in [2.05, 4.69) is 5.32 Å². The predicted octanol–water partition coefficient (Wildman–Crippen LogP) is 4.37. The molecule has 2 aromatic rings. The highest BCUT2D eigenvalue weighted by Gasteiger charge is 2.51. The van der Waals surface area contributed by atoms with Gasteiger partial charge in [0.1, 0.15) is 0 Å². The third kappa shape index (κ3) is 3.51. The van der Waals surface area contributed by atoms with Gasteiger partial charge >= 0.3 is 0 Å². The van der Waals surface area contributed by atoms with E-state index in [0.29, 0.717) is 21.3 Å². The molecule has 2 aromatic carbocycles. The quantitative estimate of drug-likeness (QED) is 0.861. The Balaban J connectivity index is 1.84. The molecule has 1 aliphatic rings. The number of carbonyl (C=O) groups excluding carboxylic acids is 2. The summed E-state index contributed by atoms with van der Waals surface area (Å²) in [7, 11) is 3.31. The summed E-state index contributed by atoms with van der Waals surface area (Å²) in [6.07, 6.45) is 1.55. The van der Waals surface area contributed by atoms with E-state index in [4.69, 9.17) is 23.2 Å². The molecule has 3 rings (SSSR count). The smallest absolute Gasteiger partial charge is 0.254 e. The van der Waals surface area contributed by atoms with E-state index in [1.807, 2.05) is 18.2 Å². The van der Waals surface area contributed by atoms with Gasteiger partial charge in [0.25, 0.3) is 5.91 Å². The molecule has 0 radical (unpaired) electrons. The second-order valence-electron chi connectivity index (χ2n) is 6.44. The first-order chi connectivity index (χ1) is 11.8. The number of anilines is 1. The van der Waals surface area contributed by atoms with Gasteiger partial charge in [-0.15, -0.1) is 0 Å². The first-order valence-corrected chi connectivity index (χ1v) is 8.68. The highest BCUT2D eigenvalue weighted by Crippen LogP contribution is 2.49. The zero-order valence-corrected chi connectivity index (χ0v) is 15.5. The van der Waals surface area contributed by atoms with E-state index >= 15 is 0 Å². The summed E-state index contributed by atoms with van der Waals surface area (Å²) in [5.74, 6) is -0.308. The van der Waals surface area contributed by atoms with E-state index in [0.717, 1.165) is 18.4 Å². The lowest BCUT2D eigenvalue weighted by Gasteiger charge is -2.17. The van der Waals surface area contributed by atoms with Gasteiger partial charge < -0.3 is 10.2 Å². The minimum atomic E-state index is -0.545. The van der Waals surface area contributed by atoms with Gasteiger partial charge in [0.05, 0.1) is 16.0 Å². The SMILES string of the molecule is CN(C)C(=O)c1cc(NC(=O)C2(c3cccc(Cl)c3)CC2)ccc1Cl. The van der Waals surface area contributed by atoms with Gasteiger partial charge in [-0.25, -0.2) is 0 Å². The Hall–Kier alpha value is -2.04. The molecule has 6 heteroatoms. The molecule has 0 aromatic heterocycles. The van der Waals surface area contributed by atoms with Crippen LogP contribution >= 0.6 is 23.2 Å². The number of amides is 2. The van der Waals surface area contributed by atoms with Crippen LogP contribution in [0.25, 0.3) is 0 Å².